The number of nitrogens with one attached hydrogen (secondary N) is 1. The zero-order valence-electron chi connectivity index (χ0n) is 15.8. The van der Waals surface area contributed by atoms with Crippen molar-refractivity contribution in [3.05, 3.63) is 36.0 Å². The van der Waals surface area contributed by atoms with Crippen LogP contribution in [0.5, 0.6) is 0 Å². The number of ether oxygens (including phenoxy) is 2. The van der Waals surface area contributed by atoms with Crippen LogP contribution in [-0.2, 0) is 14.3 Å². The van der Waals surface area contributed by atoms with Gasteiger partial charge in [0, 0.05) is 30.4 Å². The quantitative estimate of drug-likeness (QED) is 0.681. The van der Waals surface area contributed by atoms with Crippen LogP contribution in [0.2, 0.25) is 0 Å². The van der Waals surface area contributed by atoms with Gasteiger partial charge in [0.25, 0.3) is 5.91 Å². The van der Waals surface area contributed by atoms with Crippen molar-refractivity contribution in [3.63, 3.8) is 0 Å². The molecular formula is C20H24N4O4. The summed E-state index contributed by atoms with van der Waals surface area (Å²) in [6, 6.07) is 9.62. The van der Waals surface area contributed by atoms with E-state index in [0.29, 0.717) is 37.3 Å². The highest BCUT2D eigenvalue weighted by molar-refractivity contribution is 5.95. The first-order valence-electron chi connectivity index (χ1n) is 9.28. The van der Waals surface area contributed by atoms with Gasteiger partial charge in [0.15, 0.2) is 6.10 Å². The summed E-state index contributed by atoms with van der Waals surface area (Å²) in [5.74, 6) is -0.194. The minimum absolute atomic E-state index is 0.0421. The summed E-state index contributed by atoms with van der Waals surface area (Å²) in [7, 11) is 0. The first-order valence-corrected chi connectivity index (χ1v) is 9.28. The van der Waals surface area contributed by atoms with Crippen molar-refractivity contribution in [2.75, 3.05) is 44.4 Å². The van der Waals surface area contributed by atoms with Crippen molar-refractivity contribution in [2.45, 2.75) is 19.1 Å². The number of rotatable bonds is 7. The predicted octanol–water partition coefficient (Wildman–Crippen LogP) is 0.825. The smallest absolute Gasteiger partial charge is 0.251 e. The van der Waals surface area contributed by atoms with Gasteiger partial charge in [-0.25, -0.2) is 0 Å². The molecule has 2 N–H and O–H groups in total. The summed E-state index contributed by atoms with van der Waals surface area (Å²) in [6.45, 7) is 3.88. The molecule has 0 bridgehead atoms. The van der Waals surface area contributed by atoms with Gasteiger partial charge in [0.05, 0.1) is 43.5 Å². The third kappa shape index (κ3) is 4.57. The topological polar surface area (TPSA) is 108 Å². The van der Waals surface area contributed by atoms with Crippen LogP contribution >= 0.6 is 0 Å². The Labute approximate surface area is 163 Å². The number of anilines is 1. The Morgan fingerprint density at radius 2 is 2.29 bits per heavy atom. The van der Waals surface area contributed by atoms with E-state index in [0.717, 1.165) is 11.1 Å². The highest BCUT2D eigenvalue weighted by Crippen LogP contribution is 2.30. The van der Waals surface area contributed by atoms with Crippen molar-refractivity contribution in [2.24, 2.45) is 0 Å². The maximum atomic E-state index is 12.5. The van der Waals surface area contributed by atoms with Crippen LogP contribution in [0.1, 0.15) is 12.5 Å². The number of fused-ring (bicyclic) bond motifs is 1. The lowest BCUT2D eigenvalue weighted by atomic mass is 10.1. The minimum Gasteiger partial charge on any atom is -0.394 e. The highest BCUT2D eigenvalue weighted by Gasteiger charge is 2.31. The Kier molecular flexibility index (Phi) is 6.76. The van der Waals surface area contributed by atoms with Crippen LogP contribution < -0.4 is 10.2 Å². The monoisotopic (exact) mass is 384 g/mol. The van der Waals surface area contributed by atoms with E-state index in [2.05, 4.69) is 21.3 Å². The summed E-state index contributed by atoms with van der Waals surface area (Å²) in [5, 5.41) is 21.7. The molecular weight excluding hydrogens is 360 g/mol. The second kappa shape index (κ2) is 9.46. The molecule has 8 nitrogen and oxygen atoms in total. The van der Waals surface area contributed by atoms with E-state index < -0.39 is 6.10 Å². The molecule has 3 rings (SSSR count). The molecule has 2 heterocycles. The van der Waals surface area contributed by atoms with Crippen LogP contribution in [0.25, 0.3) is 10.9 Å². The maximum absolute atomic E-state index is 12.5. The number of hydrogen-bond donors (Lipinski definition) is 2. The van der Waals surface area contributed by atoms with Crippen LogP contribution in [0.3, 0.4) is 0 Å². The number of nitrogens with zero attached hydrogens (tertiary/aromatic N) is 3. The molecule has 1 aliphatic rings. The first-order chi connectivity index (χ1) is 13.6. The average molecular weight is 384 g/mol. The third-order valence-corrected chi connectivity index (χ3v) is 4.54. The summed E-state index contributed by atoms with van der Waals surface area (Å²) in [6.07, 6.45) is 0.936. The Hall–Kier alpha value is -2.73. The van der Waals surface area contributed by atoms with E-state index in [9.17, 15) is 10.1 Å². The number of pyridine rings is 1. The van der Waals surface area contributed by atoms with Crippen LogP contribution in [0.15, 0.2) is 30.5 Å². The van der Waals surface area contributed by atoms with E-state index in [4.69, 9.17) is 14.6 Å². The van der Waals surface area contributed by atoms with Gasteiger partial charge in [-0.3, -0.25) is 9.78 Å². The zero-order valence-corrected chi connectivity index (χ0v) is 15.8. The number of hydrogen-bond acceptors (Lipinski definition) is 7. The molecule has 28 heavy (non-hydrogen) atoms. The second-order valence-corrected chi connectivity index (χ2v) is 6.61. The lowest BCUT2D eigenvalue weighted by molar-refractivity contribution is -0.137. The molecule has 1 aliphatic heterocycles. The van der Waals surface area contributed by atoms with E-state index in [1.807, 2.05) is 25.1 Å². The number of aromatic nitrogens is 1. The fourth-order valence-corrected chi connectivity index (χ4v) is 3.34. The van der Waals surface area contributed by atoms with Gasteiger partial charge in [-0.15, -0.1) is 0 Å². The van der Waals surface area contributed by atoms with E-state index in [1.54, 1.807) is 12.3 Å². The zero-order chi connectivity index (χ0) is 19.9. The molecule has 148 valence electrons. The summed E-state index contributed by atoms with van der Waals surface area (Å²) < 4.78 is 11.0. The summed E-state index contributed by atoms with van der Waals surface area (Å²) >= 11 is 0. The molecule has 1 amide bonds. The Bertz CT molecular complexity index is 867. The third-order valence-electron chi connectivity index (χ3n) is 4.54. The number of carbonyl (C=O) groups is 1. The molecule has 1 aromatic heterocycles. The van der Waals surface area contributed by atoms with Crippen molar-refractivity contribution < 1.29 is 19.4 Å². The molecule has 2 atom stereocenters. The van der Waals surface area contributed by atoms with E-state index >= 15 is 0 Å². The van der Waals surface area contributed by atoms with Gasteiger partial charge < -0.3 is 24.8 Å². The maximum Gasteiger partial charge on any atom is 0.251 e. The lowest BCUT2D eigenvalue weighted by Gasteiger charge is -2.38. The van der Waals surface area contributed by atoms with Gasteiger partial charge in [-0.1, -0.05) is 0 Å². The number of aliphatic hydroxyl groups is 1. The fraction of sp³-hybridized carbons (Fsp3) is 0.450. The number of aliphatic hydroxyl groups excluding tert-OH is 1. The van der Waals surface area contributed by atoms with Gasteiger partial charge in [-0.05, 0) is 31.2 Å². The molecule has 1 fully saturated rings. The summed E-state index contributed by atoms with van der Waals surface area (Å²) in [5.41, 5.74) is 2.11. The fourth-order valence-electron chi connectivity index (χ4n) is 3.34. The van der Waals surface area contributed by atoms with E-state index in [1.165, 1.54) is 0 Å². The van der Waals surface area contributed by atoms with Crippen molar-refractivity contribution in [3.8, 4) is 6.07 Å². The van der Waals surface area contributed by atoms with Gasteiger partial charge in [0.2, 0.25) is 0 Å². The second-order valence-electron chi connectivity index (χ2n) is 6.61. The van der Waals surface area contributed by atoms with Crippen molar-refractivity contribution >= 4 is 22.5 Å². The number of carbonyl (C=O) groups excluding carboxylic acids is 1. The molecule has 0 aliphatic carbocycles. The number of benzene rings is 1. The molecule has 0 spiro atoms. The van der Waals surface area contributed by atoms with Gasteiger partial charge in [-0.2, -0.15) is 5.26 Å². The summed E-state index contributed by atoms with van der Waals surface area (Å²) in [4.78, 5) is 19.0. The molecule has 0 saturated carbocycles. The normalized spacial score (nSPS) is 19.4. The van der Waals surface area contributed by atoms with Crippen LogP contribution in [0, 0.1) is 11.3 Å². The predicted molar refractivity (Wildman–Crippen MR) is 104 cm³/mol. The molecule has 0 radical (unpaired) electrons. The number of morpholine rings is 1. The molecule has 1 aromatic carbocycles. The van der Waals surface area contributed by atoms with Crippen LogP contribution in [-0.4, -0.2) is 67.7 Å². The Balaban J connectivity index is 1.74. The molecule has 0 unspecified atom stereocenters. The molecule has 8 heteroatoms. The SMILES string of the molecule is C[C@@H]1CN(c2ccc(C#N)c3ncccc23)C[C@H](C(=O)NCCOCCO)O1. The Morgan fingerprint density at radius 1 is 1.43 bits per heavy atom. The lowest BCUT2D eigenvalue weighted by Crippen LogP contribution is -2.53. The number of nitriles is 1. The van der Waals surface area contributed by atoms with Crippen molar-refractivity contribution in [1.82, 2.24) is 10.3 Å². The number of amides is 1. The molecule has 1 saturated heterocycles. The van der Waals surface area contributed by atoms with Gasteiger partial charge in [0.1, 0.15) is 6.07 Å². The first kappa shape index (κ1) is 20.0. The van der Waals surface area contributed by atoms with Gasteiger partial charge >= 0.3 is 0 Å². The average Bonchev–Trinajstić information content (AvgIpc) is 2.72. The largest absolute Gasteiger partial charge is 0.394 e. The van der Waals surface area contributed by atoms with Crippen molar-refractivity contribution in [1.29, 1.82) is 5.26 Å². The molecule has 2 aromatic rings. The highest BCUT2D eigenvalue weighted by atomic mass is 16.5. The van der Waals surface area contributed by atoms with E-state index in [-0.39, 0.29) is 25.2 Å². The van der Waals surface area contributed by atoms with Crippen LogP contribution in [0.4, 0.5) is 5.69 Å². The standard InChI is InChI=1S/C20H24N4O4/c1-14-12-24(13-18(28-14)20(26)23-7-9-27-10-8-25)17-5-4-15(11-21)19-16(17)3-2-6-22-19/h2-6,14,18,25H,7-10,12-13H2,1H3,(H,23,26)/t14-,18-/m1/s1. The Morgan fingerprint density at radius 3 is 3.07 bits per heavy atom. The minimum atomic E-state index is -0.607.